The minimum absolute atomic E-state index is 0. The highest BCUT2D eigenvalue weighted by atomic mass is 127. The summed E-state index contributed by atoms with van der Waals surface area (Å²) < 4.78 is 33.9. The molecule has 0 saturated heterocycles. The van der Waals surface area contributed by atoms with Gasteiger partial charge in [-0.05, 0) is 26.2 Å². The summed E-state index contributed by atoms with van der Waals surface area (Å²) in [6.07, 6.45) is 3.93. The van der Waals surface area contributed by atoms with Gasteiger partial charge in [-0.1, -0.05) is 13.3 Å². The number of rotatable bonds is 7. The van der Waals surface area contributed by atoms with Crippen molar-refractivity contribution in [3.63, 3.8) is 0 Å². The van der Waals surface area contributed by atoms with E-state index in [1.807, 2.05) is 13.8 Å². The van der Waals surface area contributed by atoms with Crippen LogP contribution in [-0.4, -0.2) is 54.5 Å². The Balaban J connectivity index is 0.00000484. The Morgan fingerprint density at radius 1 is 1.35 bits per heavy atom. The normalized spacial score (nSPS) is 23.7. The van der Waals surface area contributed by atoms with Gasteiger partial charge in [-0.15, -0.1) is 24.0 Å². The molecule has 1 aliphatic rings. The fourth-order valence-corrected chi connectivity index (χ4v) is 4.24. The van der Waals surface area contributed by atoms with Crippen molar-refractivity contribution >= 4 is 50.8 Å². The maximum absolute atomic E-state index is 12.0. The van der Waals surface area contributed by atoms with Crippen molar-refractivity contribution in [1.29, 1.82) is 0 Å². The Morgan fingerprint density at radius 3 is 2.61 bits per heavy atom. The molecule has 0 amide bonds. The second-order valence-electron chi connectivity index (χ2n) is 5.43. The number of hydrogen-bond acceptors (Lipinski definition) is 4. The summed E-state index contributed by atoms with van der Waals surface area (Å²) in [5, 5.41) is 11.6. The van der Waals surface area contributed by atoms with Crippen LogP contribution in [-0.2, 0) is 20.8 Å². The molecule has 0 bridgehead atoms. The number of nitrogens with two attached hydrogens (primary N) is 1. The molecule has 23 heavy (non-hydrogen) atoms. The van der Waals surface area contributed by atoms with Crippen LogP contribution < -0.4 is 15.8 Å². The molecule has 138 valence electrons. The molecule has 0 aliphatic heterocycles. The van der Waals surface area contributed by atoms with E-state index in [-0.39, 0.29) is 47.6 Å². The highest BCUT2D eigenvalue weighted by molar-refractivity contribution is 14.0. The van der Waals surface area contributed by atoms with Gasteiger partial charge >= 0.3 is 0 Å². The first-order valence-electron chi connectivity index (χ1n) is 7.78. The standard InChI is InChI=1S/C13H28N4O3S2.HI/c1-3-15-13(16-8-9-22(14,19)20)17-11-6-5-7-12(10-11)21(18)4-2;/h11-12H,3-10H2,1-2H3,(H2,14,19,20)(H2,15,16,17);1H. The van der Waals surface area contributed by atoms with Gasteiger partial charge in [0, 0.05) is 34.4 Å². The van der Waals surface area contributed by atoms with Gasteiger partial charge in [0.15, 0.2) is 5.96 Å². The van der Waals surface area contributed by atoms with Crippen LogP contribution in [0.2, 0.25) is 0 Å². The number of nitrogens with zero attached hydrogens (tertiary/aromatic N) is 1. The van der Waals surface area contributed by atoms with E-state index in [2.05, 4.69) is 15.6 Å². The van der Waals surface area contributed by atoms with Crippen LogP contribution in [0, 0.1) is 0 Å². The van der Waals surface area contributed by atoms with Crippen molar-refractivity contribution in [1.82, 2.24) is 10.6 Å². The summed E-state index contributed by atoms with van der Waals surface area (Å²) in [7, 11) is -4.26. The van der Waals surface area contributed by atoms with Crippen LogP contribution >= 0.6 is 24.0 Å². The summed E-state index contributed by atoms with van der Waals surface area (Å²) in [5.41, 5.74) is 0. The minimum atomic E-state index is -3.49. The van der Waals surface area contributed by atoms with Gasteiger partial charge in [-0.3, -0.25) is 9.20 Å². The second kappa shape index (κ2) is 11.6. The molecule has 0 spiro atoms. The van der Waals surface area contributed by atoms with Crippen LogP contribution in [0.25, 0.3) is 0 Å². The van der Waals surface area contributed by atoms with Crippen LogP contribution in [0.15, 0.2) is 4.99 Å². The van der Waals surface area contributed by atoms with E-state index in [0.29, 0.717) is 18.3 Å². The van der Waals surface area contributed by atoms with Gasteiger partial charge in [0.25, 0.3) is 0 Å². The quantitative estimate of drug-likeness (QED) is 0.280. The zero-order valence-electron chi connectivity index (χ0n) is 13.8. The summed E-state index contributed by atoms with van der Waals surface area (Å²) in [5.74, 6) is 1.12. The molecule has 1 saturated carbocycles. The van der Waals surface area contributed by atoms with E-state index in [9.17, 15) is 12.6 Å². The maximum Gasteiger partial charge on any atom is 0.210 e. The first kappa shape index (κ1) is 23.1. The van der Waals surface area contributed by atoms with Crippen molar-refractivity contribution in [2.75, 3.05) is 24.6 Å². The average Bonchev–Trinajstić information content (AvgIpc) is 2.45. The van der Waals surface area contributed by atoms with Gasteiger partial charge in [-0.2, -0.15) is 0 Å². The summed E-state index contributed by atoms with van der Waals surface area (Å²) in [6.45, 7) is 4.72. The first-order valence-corrected chi connectivity index (χ1v) is 10.9. The molecular formula is C13H29IN4O3S2. The third-order valence-electron chi connectivity index (χ3n) is 3.61. The van der Waals surface area contributed by atoms with Crippen molar-refractivity contribution in [3.05, 3.63) is 0 Å². The minimum Gasteiger partial charge on any atom is -0.357 e. The summed E-state index contributed by atoms with van der Waals surface area (Å²) in [4.78, 5) is 4.24. The molecule has 0 radical (unpaired) electrons. The molecule has 0 aromatic rings. The fourth-order valence-electron chi connectivity index (χ4n) is 2.55. The first-order chi connectivity index (χ1) is 10.4. The van der Waals surface area contributed by atoms with Gasteiger partial charge < -0.3 is 10.6 Å². The summed E-state index contributed by atoms with van der Waals surface area (Å²) in [6, 6.07) is 0.224. The molecule has 7 nitrogen and oxygen atoms in total. The van der Waals surface area contributed by atoms with E-state index < -0.39 is 20.8 Å². The average molecular weight is 480 g/mol. The molecule has 10 heteroatoms. The van der Waals surface area contributed by atoms with Gasteiger partial charge in [0.2, 0.25) is 10.0 Å². The number of sulfonamides is 1. The zero-order valence-corrected chi connectivity index (χ0v) is 17.7. The van der Waals surface area contributed by atoms with Crippen molar-refractivity contribution in [2.45, 2.75) is 50.8 Å². The fraction of sp³-hybridized carbons (Fsp3) is 0.923. The number of aliphatic imine (C=N–C) groups is 1. The summed E-state index contributed by atoms with van der Waals surface area (Å²) >= 11 is 0. The highest BCUT2D eigenvalue weighted by Gasteiger charge is 2.26. The lowest BCUT2D eigenvalue weighted by atomic mass is 9.95. The smallest absolute Gasteiger partial charge is 0.210 e. The lowest BCUT2D eigenvalue weighted by Crippen LogP contribution is -2.46. The molecule has 3 unspecified atom stereocenters. The van der Waals surface area contributed by atoms with E-state index in [1.54, 1.807) is 0 Å². The van der Waals surface area contributed by atoms with Crippen LogP contribution in [0.3, 0.4) is 0 Å². The molecule has 0 aromatic heterocycles. The Kier molecular flexibility index (Phi) is 11.6. The molecule has 1 fully saturated rings. The Hall–Kier alpha value is 0.0600. The topological polar surface area (TPSA) is 114 Å². The van der Waals surface area contributed by atoms with Gasteiger partial charge in [0.05, 0.1) is 12.3 Å². The zero-order chi connectivity index (χ0) is 16.6. The maximum atomic E-state index is 12.0. The van der Waals surface area contributed by atoms with Crippen LogP contribution in [0.1, 0.15) is 39.5 Å². The number of hydrogen-bond donors (Lipinski definition) is 3. The number of nitrogens with one attached hydrogen (secondary N) is 2. The van der Waals surface area contributed by atoms with E-state index in [1.165, 1.54) is 0 Å². The Labute approximate surface area is 159 Å². The molecule has 0 heterocycles. The van der Waals surface area contributed by atoms with Crippen molar-refractivity contribution in [3.8, 4) is 0 Å². The lowest BCUT2D eigenvalue weighted by molar-refractivity contribution is 0.413. The Bertz CT molecular complexity index is 499. The third-order valence-corrected chi connectivity index (χ3v) is 6.11. The van der Waals surface area contributed by atoms with E-state index in [4.69, 9.17) is 5.14 Å². The number of halogens is 1. The molecule has 4 N–H and O–H groups in total. The van der Waals surface area contributed by atoms with Crippen molar-refractivity contribution < 1.29 is 12.6 Å². The SMILES string of the molecule is CCNC(=NCCS(N)(=O)=O)NC1CCCC(S(=O)CC)C1.I. The highest BCUT2D eigenvalue weighted by Crippen LogP contribution is 2.22. The molecular weight excluding hydrogens is 451 g/mol. The van der Waals surface area contributed by atoms with Gasteiger partial charge in [0.1, 0.15) is 0 Å². The van der Waals surface area contributed by atoms with Gasteiger partial charge in [-0.25, -0.2) is 13.6 Å². The second-order valence-corrected chi connectivity index (χ2v) is 9.17. The number of guanidine groups is 1. The third kappa shape index (κ3) is 9.82. The van der Waals surface area contributed by atoms with Crippen LogP contribution in [0.4, 0.5) is 0 Å². The largest absolute Gasteiger partial charge is 0.357 e. The van der Waals surface area contributed by atoms with Crippen LogP contribution in [0.5, 0.6) is 0 Å². The predicted molar refractivity (Wildman–Crippen MR) is 107 cm³/mol. The molecule has 3 atom stereocenters. The van der Waals surface area contributed by atoms with E-state index >= 15 is 0 Å². The molecule has 0 aromatic carbocycles. The predicted octanol–water partition coefficient (Wildman–Crippen LogP) is 0.528. The Morgan fingerprint density at radius 2 is 2.04 bits per heavy atom. The molecule has 1 rings (SSSR count). The molecule has 1 aliphatic carbocycles. The lowest BCUT2D eigenvalue weighted by Gasteiger charge is -2.30. The monoisotopic (exact) mass is 480 g/mol. The van der Waals surface area contributed by atoms with E-state index in [0.717, 1.165) is 25.7 Å². The van der Waals surface area contributed by atoms with Crippen molar-refractivity contribution in [2.24, 2.45) is 10.1 Å². The number of primary sulfonamides is 1.